The summed E-state index contributed by atoms with van der Waals surface area (Å²) < 4.78 is 4.81. The van der Waals surface area contributed by atoms with Gasteiger partial charge in [0.25, 0.3) is 0 Å². The first-order chi connectivity index (χ1) is 8.29. The van der Waals surface area contributed by atoms with Crippen molar-refractivity contribution in [3.05, 3.63) is 29.5 Å². The van der Waals surface area contributed by atoms with Crippen LogP contribution in [-0.2, 0) is 16.0 Å². The number of aryl methyl sites for hydroxylation is 1. The number of esters is 1. The predicted molar refractivity (Wildman–Crippen MR) is 66.7 cm³/mol. The SMILES string of the molecule is CCOC(=O)C=Cc1ccc2c(n1)NCCC2. The minimum Gasteiger partial charge on any atom is -0.463 e. The van der Waals surface area contributed by atoms with Crippen LogP contribution in [0.25, 0.3) is 6.08 Å². The summed E-state index contributed by atoms with van der Waals surface area (Å²) in [5.41, 5.74) is 2.01. The van der Waals surface area contributed by atoms with E-state index in [-0.39, 0.29) is 5.97 Å². The number of nitrogens with one attached hydrogen (secondary N) is 1. The number of nitrogens with zero attached hydrogens (tertiary/aromatic N) is 1. The van der Waals surface area contributed by atoms with Crippen LogP contribution < -0.4 is 5.32 Å². The van der Waals surface area contributed by atoms with Crippen molar-refractivity contribution in [1.29, 1.82) is 0 Å². The van der Waals surface area contributed by atoms with Crippen LogP contribution in [-0.4, -0.2) is 24.1 Å². The van der Waals surface area contributed by atoms with Gasteiger partial charge in [0.1, 0.15) is 5.82 Å². The zero-order chi connectivity index (χ0) is 12.1. The van der Waals surface area contributed by atoms with Crippen molar-refractivity contribution >= 4 is 17.9 Å². The monoisotopic (exact) mass is 232 g/mol. The highest BCUT2D eigenvalue weighted by molar-refractivity contribution is 5.86. The van der Waals surface area contributed by atoms with E-state index < -0.39 is 0 Å². The van der Waals surface area contributed by atoms with Crippen molar-refractivity contribution in [1.82, 2.24) is 4.98 Å². The molecule has 0 atom stereocenters. The minimum atomic E-state index is -0.333. The summed E-state index contributed by atoms with van der Waals surface area (Å²) in [6, 6.07) is 3.97. The Morgan fingerprint density at radius 3 is 3.29 bits per heavy atom. The Morgan fingerprint density at radius 1 is 1.59 bits per heavy atom. The number of anilines is 1. The number of ether oxygens (including phenoxy) is 1. The Morgan fingerprint density at radius 2 is 2.47 bits per heavy atom. The van der Waals surface area contributed by atoms with Gasteiger partial charge < -0.3 is 10.1 Å². The third-order valence-electron chi connectivity index (χ3n) is 2.59. The number of pyridine rings is 1. The largest absolute Gasteiger partial charge is 0.463 e. The topological polar surface area (TPSA) is 51.2 Å². The Labute approximate surface area is 101 Å². The standard InChI is InChI=1S/C13H16N2O2/c1-2-17-12(16)8-7-11-6-5-10-4-3-9-14-13(10)15-11/h5-8H,2-4,9H2,1H3,(H,14,15). The van der Waals surface area contributed by atoms with Crippen LogP contribution in [0.4, 0.5) is 5.82 Å². The van der Waals surface area contributed by atoms with Crippen LogP contribution in [0.15, 0.2) is 18.2 Å². The van der Waals surface area contributed by atoms with Gasteiger partial charge in [-0.2, -0.15) is 0 Å². The molecule has 1 N–H and O–H groups in total. The number of fused-ring (bicyclic) bond motifs is 1. The third kappa shape index (κ3) is 3.06. The molecule has 0 radical (unpaired) electrons. The van der Waals surface area contributed by atoms with Crippen molar-refractivity contribution < 1.29 is 9.53 Å². The van der Waals surface area contributed by atoms with Crippen LogP contribution >= 0.6 is 0 Å². The number of aromatic nitrogens is 1. The fourth-order valence-corrected chi connectivity index (χ4v) is 1.78. The van der Waals surface area contributed by atoms with Gasteiger partial charge in [-0.15, -0.1) is 0 Å². The van der Waals surface area contributed by atoms with E-state index in [1.807, 2.05) is 6.07 Å². The molecule has 0 saturated carbocycles. The lowest BCUT2D eigenvalue weighted by Crippen LogP contribution is -2.13. The average Bonchev–Trinajstić information content (AvgIpc) is 2.36. The summed E-state index contributed by atoms with van der Waals surface area (Å²) in [6.45, 7) is 3.14. The highest BCUT2D eigenvalue weighted by atomic mass is 16.5. The molecule has 0 bridgehead atoms. The molecule has 4 heteroatoms. The minimum absolute atomic E-state index is 0.333. The molecule has 1 aromatic heterocycles. The van der Waals surface area contributed by atoms with E-state index in [1.165, 1.54) is 11.6 Å². The highest BCUT2D eigenvalue weighted by Crippen LogP contribution is 2.19. The van der Waals surface area contributed by atoms with Gasteiger partial charge in [-0.05, 0) is 37.5 Å². The first kappa shape index (κ1) is 11.6. The maximum atomic E-state index is 11.2. The summed E-state index contributed by atoms with van der Waals surface area (Å²) >= 11 is 0. The van der Waals surface area contributed by atoms with Crippen LogP contribution in [0.3, 0.4) is 0 Å². The molecular weight excluding hydrogens is 216 g/mol. The fraction of sp³-hybridized carbons (Fsp3) is 0.385. The Bertz CT molecular complexity index is 441. The predicted octanol–water partition coefficient (Wildman–Crippen LogP) is 2.02. The van der Waals surface area contributed by atoms with Crippen LogP contribution in [0.1, 0.15) is 24.6 Å². The lowest BCUT2D eigenvalue weighted by Gasteiger charge is -2.16. The molecule has 1 aliphatic rings. The maximum Gasteiger partial charge on any atom is 0.330 e. The molecule has 2 heterocycles. The lowest BCUT2D eigenvalue weighted by molar-refractivity contribution is -0.137. The first-order valence-electron chi connectivity index (χ1n) is 5.88. The quantitative estimate of drug-likeness (QED) is 0.640. The molecule has 0 spiro atoms. The highest BCUT2D eigenvalue weighted by Gasteiger charge is 2.09. The molecule has 0 fully saturated rings. The number of hydrogen-bond donors (Lipinski definition) is 1. The van der Waals surface area contributed by atoms with E-state index in [4.69, 9.17) is 4.74 Å². The second-order valence-corrected chi connectivity index (χ2v) is 3.86. The fourth-order valence-electron chi connectivity index (χ4n) is 1.78. The first-order valence-corrected chi connectivity index (χ1v) is 5.88. The van der Waals surface area contributed by atoms with E-state index >= 15 is 0 Å². The lowest BCUT2D eigenvalue weighted by atomic mass is 10.1. The molecule has 0 aliphatic carbocycles. The molecule has 1 aromatic rings. The Kier molecular flexibility index (Phi) is 3.75. The van der Waals surface area contributed by atoms with E-state index in [1.54, 1.807) is 13.0 Å². The normalized spacial score (nSPS) is 14.2. The van der Waals surface area contributed by atoms with Crippen molar-refractivity contribution in [2.75, 3.05) is 18.5 Å². The van der Waals surface area contributed by atoms with E-state index in [2.05, 4.69) is 16.4 Å². The molecule has 90 valence electrons. The molecule has 17 heavy (non-hydrogen) atoms. The summed E-state index contributed by atoms with van der Waals surface area (Å²) in [4.78, 5) is 15.6. The van der Waals surface area contributed by atoms with Crippen LogP contribution in [0, 0.1) is 0 Å². The number of rotatable bonds is 3. The molecule has 1 aliphatic heterocycles. The maximum absolute atomic E-state index is 11.2. The Balaban J connectivity index is 2.09. The summed E-state index contributed by atoms with van der Waals surface area (Å²) in [7, 11) is 0. The van der Waals surface area contributed by atoms with Gasteiger partial charge in [-0.3, -0.25) is 0 Å². The van der Waals surface area contributed by atoms with Crippen molar-refractivity contribution in [3.63, 3.8) is 0 Å². The average molecular weight is 232 g/mol. The van der Waals surface area contributed by atoms with Crippen LogP contribution in [0.2, 0.25) is 0 Å². The molecule has 0 unspecified atom stereocenters. The van der Waals surface area contributed by atoms with Gasteiger partial charge in [-0.1, -0.05) is 6.07 Å². The van der Waals surface area contributed by atoms with Crippen molar-refractivity contribution in [2.45, 2.75) is 19.8 Å². The summed E-state index contributed by atoms with van der Waals surface area (Å²) in [5, 5.41) is 3.25. The molecule has 0 amide bonds. The van der Waals surface area contributed by atoms with Gasteiger partial charge in [0.05, 0.1) is 12.3 Å². The number of hydrogen-bond acceptors (Lipinski definition) is 4. The van der Waals surface area contributed by atoms with Crippen molar-refractivity contribution in [2.24, 2.45) is 0 Å². The smallest absolute Gasteiger partial charge is 0.330 e. The molecule has 0 saturated heterocycles. The number of carbonyl (C=O) groups excluding carboxylic acids is 1. The van der Waals surface area contributed by atoms with Gasteiger partial charge in [0, 0.05) is 12.6 Å². The zero-order valence-corrected chi connectivity index (χ0v) is 9.90. The van der Waals surface area contributed by atoms with E-state index in [0.717, 1.165) is 30.9 Å². The van der Waals surface area contributed by atoms with Gasteiger partial charge >= 0.3 is 5.97 Å². The second kappa shape index (κ2) is 5.48. The van der Waals surface area contributed by atoms with Gasteiger partial charge in [0.2, 0.25) is 0 Å². The van der Waals surface area contributed by atoms with E-state index in [9.17, 15) is 4.79 Å². The zero-order valence-electron chi connectivity index (χ0n) is 9.90. The Hall–Kier alpha value is -1.84. The molecule has 0 aromatic carbocycles. The van der Waals surface area contributed by atoms with Gasteiger partial charge in [-0.25, -0.2) is 9.78 Å². The van der Waals surface area contributed by atoms with Gasteiger partial charge in [0.15, 0.2) is 0 Å². The summed E-state index contributed by atoms with van der Waals surface area (Å²) in [5.74, 6) is 0.599. The van der Waals surface area contributed by atoms with Crippen molar-refractivity contribution in [3.8, 4) is 0 Å². The van der Waals surface area contributed by atoms with Crippen LogP contribution in [0.5, 0.6) is 0 Å². The third-order valence-corrected chi connectivity index (χ3v) is 2.59. The summed E-state index contributed by atoms with van der Waals surface area (Å²) in [6.07, 6.45) is 5.29. The molecule has 2 rings (SSSR count). The van der Waals surface area contributed by atoms with E-state index in [0.29, 0.717) is 6.61 Å². The second-order valence-electron chi connectivity index (χ2n) is 3.86. The molecular formula is C13H16N2O2. The number of carbonyl (C=O) groups is 1. The molecule has 4 nitrogen and oxygen atoms in total.